The number of thioether (sulfide) groups is 1. The zero-order valence-corrected chi connectivity index (χ0v) is 13.2. The number of aromatic amines is 1. The van der Waals surface area contributed by atoms with Gasteiger partial charge in [0.15, 0.2) is 0 Å². The summed E-state index contributed by atoms with van der Waals surface area (Å²) >= 11 is 2.41. The molecule has 2 aromatic rings. The number of imide groups is 1. The van der Waals surface area contributed by atoms with E-state index in [0.717, 1.165) is 27.3 Å². The number of fused-ring (bicyclic) bond motifs is 2. The molecule has 7 heteroatoms. The van der Waals surface area contributed by atoms with Crippen LogP contribution in [0.25, 0.3) is 0 Å². The predicted molar refractivity (Wildman–Crippen MR) is 84.2 cm³/mol. The quantitative estimate of drug-likeness (QED) is 0.778. The molecule has 0 unspecified atom stereocenters. The van der Waals surface area contributed by atoms with Crippen molar-refractivity contribution in [3.8, 4) is 0 Å². The highest BCUT2D eigenvalue weighted by molar-refractivity contribution is 8.00. The van der Waals surface area contributed by atoms with Gasteiger partial charge in [0, 0.05) is 10.8 Å². The lowest BCUT2D eigenvalue weighted by Gasteiger charge is -2.29. The molecule has 2 aliphatic rings. The Morgan fingerprint density at radius 3 is 2.50 bits per heavy atom. The smallest absolute Gasteiger partial charge is 0.305 e. The van der Waals surface area contributed by atoms with Crippen LogP contribution in [0, 0.1) is 12.8 Å². The number of thiazole rings is 1. The molecular formula is C15H12N2O3S2. The Labute approximate surface area is 134 Å². The Balaban J connectivity index is 1.91. The minimum atomic E-state index is -0.475. The number of nitrogens with one attached hydrogen (secondary N) is 2. The number of hydrogen-bond donors (Lipinski definition) is 2. The van der Waals surface area contributed by atoms with Gasteiger partial charge in [-0.1, -0.05) is 52.9 Å². The van der Waals surface area contributed by atoms with Gasteiger partial charge in [-0.05, 0) is 12.5 Å². The molecule has 2 amide bonds. The van der Waals surface area contributed by atoms with Gasteiger partial charge in [0.2, 0.25) is 11.8 Å². The van der Waals surface area contributed by atoms with Crippen molar-refractivity contribution in [2.24, 2.45) is 5.92 Å². The van der Waals surface area contributed by atoms with Crippen molar-refractivity contribution in [1.29, 1.82) is 0 Å². The molecule has 112 valence electrons. The van der Waals surface area contributed by atoms with Crippen LogP contribution in [0.4, 0.5) is 0 Å². The van der Waals surface area contributed by atoms with Crippen molar-refractivity contribution in [3.05, 3.63) is 49.9 Å². The Bertz CT molecular complexity index is 837. The third kappa shape index (κ3) is 1.96. The third-order valence-electron chi connectivity index (χ3n) is 4.10. The first-order valence-electron chi connectivity index (χ1n) is 6.85. The number of hydrogen-bond acceptors (Lipinski definition) is 5. The molecule has 3 heterocycles. The second-order valence-corrected chi connectivity index (χ2v) is 7.68. The normalized spacial score (nSPS) is 26.5. The summed E-state index contributed by atoms with van der Waals surface area (Å²) in [5.41, 5.74) is 2.09. The number of aryl methyl sites for hydroxylation is 1. The number of rotatable bonds is 1. The van der Waals surface area contributed by atoms with Gasteiger partial charge in [0.1, 0.15) is 5.25 Å². The molecule has 0 aliphatic carbocycles. The summed E-state index contributed by atoms with van der Waals surface area (Å²) in [7, 11) is 0. The molecule has 0 spiro atoms. The van der Waals surface area contributed by atoms with Crippen LogP contribution in [0.5, 0.6) is 0 Å². The Morgan fingerprint density at radius 1 is 1.05 bits per heavy atom. The van der Waals surface area contributed by atoms with E-state index in [1.54, 1.807) is 0 Å². The van der Waals surface area contributed by atoms with Crippen molar-refractivity contribution in [1.82, 2.24) is 10.3 Å². The molecule has 5 nitrogen and oxygen atoms in total. The highest BCUT2D eigenvalue weighted by Gasteiger charge is 2.52. The lowest BCUT2D eigenvalue weighted by Crippen LogP contribution is -2.31. The molecule has 4 rings (SSSR count). The van der Waals surface area contributed by atoms with Crippen LogP contribution >= 0.6 is 23.1 Å². The van der Waals surface area contributed by atoms with E-state index < -0.39 is 11.2 Å². The fourth-order valence-electron chi connectivity index (χ4n) is 3.07. The molecular weight excluding hydrogens is 320 g/mol. The van der Waals surface area contributed by atoms with Crippen molar-refractivity contribution in [2.45, 2.75) is 23.1 Å². The zero-order chi connectivity index (χ0) is 15.4. The average Bonchev–Trinajstić information content (AvgIpc) is 2.98. The van der Waals surface area contributed by atoms with E-state index >= 15 is 0 Å². The SMILES string of the molecule is Cc1ccc([C@@H]2c3sc(=O)[nH]c3S[C@@H]3C(=O)NC(=O)[C@H]23)cc1. The second-order valence-electron chi connectivity index (χ2n) is 5.51. The minimum Gasteiger partial charge on any atom is -0.307 e. The van der Waals surface area contributed by atoms with Crippen molar-refractivity contribution in [2.75, 3.05) is 0 Å². The molecule has 3 atom stereocenters. The van der Waals surface area contributed by atoms with Crippen LogP contribution in [0.2, 0.25) is 0 Å². The average molecular weight is 332 g/mol. The van der Waals surface area contributed by atoms with Crippen LogP contribution in [0.3, 0.4) is 0 Å². The summed E-state index contributed by atoms with van der Waals surface area (Å²) in [6, 6.07) is 7.90. The van der Waals surface area contributed by atoms with Gasteiger partial charge in [-0.3, -0.25) is 19.7 Å². The highest BCUT2D eigenvalue weighted by Crippen LogP contribution is 2.50. The summed E-state index contributed by atoms with van der Waals surface area (Å²) in [6.45, 7) is 2.00. The number of amides is 2. The highest BCUT2D eigenvalue weighted by atomic mass is 32.2. The van der Waals surface area contributed by atoms with E-state index in [9.17, 15) is 14.4 Å². The molecule has 1 aromatic heterocycles. The molecule has 2 N–H and O–H groups in total. The summed E-state index contributed by atoms with van der Waals surface area (Å²) in [6.07, 6.45) is 0. The molecule has 0 saturated carbocycles. The van der Waals surface area contributed by atoms with E-state index in [4.69, 9.17) is 0 Å². The molecule has 1 fully saturated rings. The van der Waals surface area contributed by atoms with Gasteiger partial charge in [-0.15, -0.1) is 0 Å². The van der Waals surface area contributed by atoms with E-state index in [1.165, 1.54) is 11.8 Å². The summed E-state index contributed by atoms with van der Waals surface area (Å²) < 4.78 is 0. The monoisotopic (exact) mass is 332 g/mol. The van der Waals surface area contributed by atoms with Crippen LogP contribution < -0.4 is 10.2 Å². The van der Waals surface area contributed by atoms with Gasteiger partial charge in [-0.25, -0.2) is 0 Å². The van der Waals surface area contributed by atoms with E-state index in [-0.39, 0.29) is 22.6 Å². The fourth-order valence-corrected chi connectivity index (χ4v) is 5.55. The first-order valence-corrected chi connectivity index (χ1v) is 8.55. The van der Waals surface area contributed by atoms with E-state index in [0.29, 0.717) is 5.03 Å². The Morgan fingerprint density at radius 2 is 1.77 bits per heavy atom. The van der Waals surface area contributed by atoms with Gasteiger partial charge in [0.05, 0.1) is 10.9 Å². The van der Waals surface area contributed by atoms with Crippen LogP contribution in [0.1, 0.15) is 21.9 Å². The fraction of sp³-hybridized carbons (Fsp3) is 0.267. The van der Waals surface area contributed by atoms with Crippen LogP contribution in [-0.4, -0.2) is 22.0 Å². The summed E-state index contributed by atoms with van der Waals surface area (Å²) in [5.74, 6) is -1.23. The number of benzene rings is 1. The lowest BCUT2D eigenvalue weighted by molar-refractivity contribution is -0.125. The number of carbonyl (C=O) groups excluding carboxylic acids is 2. The lowest BCUT2D eigenvalue weighted by atomic mass is 9.83. The van der Waals surface area contributed by atoms with Crippen LogP contribution in [0.15, 0.2) is 34.1 Å². The maximum Gasteiger partial charge on any atom is 0.305 e. The molecule has 0 radical (unpaired) electrons. The van der Waals surface area contributed by atoms with Gasteiger partial charge >= 0.3 is 4.87 Å². The topological polar surface area (TPSA) is 79.0 Å². The first-order chi connectivity index (χ1) is 10.5. The standard InChI is InChI=1S/C15H12N2O3S2/c1-6-2-4-7(5-3-6)8-9-10(13(19)16-12(9)18)21-14-11(8)22-15(20)17-14/h2-5,8-10H,1H3,(H,17,20)(H,16,18,19)/t8-,9+,10-/m0/s1. The van der Waals surface area contributed by atoms with Gasteiger partial charge in [0.25, 0.3) is 0 Å². The van der Waals surface area contributed by atoms with Crippen LogP contribution in [-0.2, 0) is 9.59 Å². The number of carbonyl (C=O) groups is 2. The Kier molecular flexibility index (Phi) is 3.02. The molecule has 0 bridgehead atoms. The molecule has 1 saturated heterocycles. The summed E-state index contributed by atoms with van der Waals surface area (Å²) in [4.78, 5) is 39.5. The molecule has 22 heavy (non-hydrogen) atoms. The van der Waals surface area contributed by atoms with Crippen molar-refractivity contribution in [3.63, 3.8) is 0 Å². The van der Waals surface area contributed by atoms with Gasteiger partial charge in [-0.2, -0.15) is 0 Å². The largest absolute Gasteiger partial charge is 0.307 e. The zero-order valence-electron chi connectivity index (χ0n) is 11.6. The number of H-pyrrole nitrogens is 1. The van der Waals surface area contributed by atoms with Crippen molar-refractivity contribution < 1.29 is 9.59 Å². The Hall–Kier alpha value is -1.86. The molecule has 1 aromatic carbocycles. The molecule has 2 aliphatic heterocycles. The number of aromatic nitrogens is 1. The van der Waals surface area contributed by atoms with E-state index in [1.807, 2.05) is 31.2 Å². The maximum absolute atomic E-state index is 12.3. The van der Waals surface area contributed by atoms with E-state index in [2.05, 4.69) is 10.3 Å². The predicted octanol–water partition coefficient (Wildman–Crippen LogP) is 1.62. The summed E-state index contributed by atoms with van der Waals surface area (Å²) in [5, 5.41) is 2.66. The second kappa shape index (κ2) is 4.82. The van der Waals surface area contributed by atoms with Crippen molar-refractivity contribution >= 4 is 34.9 Å². The van der Waals surface area contributed by atoms with Gasteiger partial charge < -0.3 is 4.98 Å². The first kappa shape index (κ1) is 13.8. The minimum absolute atomic E-state index is 0.151. The third-order valence-corrected chi connectivity index (χ3v) is 6.51. The maximum atomic E-state index is 12.3.